The third kappa shape index (κ3) is 3.66. The molecule has 1 saturated heterocycles. The van der Waals surface area contributed by atoms with Crippen LogP contribution in [0.25, 0.3) is 16.6 Å². The van der Waals surface area contributed by atoms with E-state index >= 15 is 0 Å². The number of halogens is 1. The van der Waals surface area contributed by atoms with Gasteiger partial charge >= 0.3 is 5.97 Å². The number of hydrogen-bond donors (Lipinski definition) is 0. The van der Waals surface area contributed by atoms with Crippen LogP contribution in [-0.2, 0) is 4.74 Å². The van der Waals surface area contributed by atoms with Crippen molar-refractivity contribution in [2.45, 2.75) is 6.92 Å². The van der Waals surface area contributed by atoms with Gasteiger partial charge in [-0.1, -0.05) is 6.07 Å². The molecule has 2 aromatic carbocycles. The monoisotopic (exact) mass is 410 g/mol. The summed E-state index contributed by atoms with van der Waals surface area (Å²) in [7, 11) is 2.03. The molecule has 0 amide bonds. The van der Waals surface area contributed by atoms with Crippen molar-refractivity contribution in [3.05, 3.63) is 64.2 Å². The predicted octanol–water partition coefficient (Wildman–Crippen LogP) is 2.45. The lowest BCUT2D eigenvalue weighted by atomic mass is 10.2. The molecule has 0 bridgehead atoms. The summed E-state index contributed by atoms with van der Waals surface area (Å²) in [6, 6.07) is 11.0. The van der Waals surface area contributed by atoms with E-state index in [9.17, 15) is 14.0 Å². The Balaban J connectivity index is 1.87. The number of fused-ring (bicyclic) bond motifs is 1. The second kappa shape index (κ2) is 8.23. The van der Waals surface area contributed by atoms with Crippen LogP contribution in [0.1, 0.15) is 17.3 Å². The summed E-state index contributed by atoms with van der Waals surface area (Å²) in [5.74, 6) is -0.547. The standard InChI is InChI=1S/C22H23FN4O3/c1-3-30-21(29)15-7-9-16(10-8-15)27-20(28)17-5-4-6-18(23)19(17)24-22(27)26-13-11-25(2)12-14-26/h4-10H,3,11-14H2,1-2H3. The zero-order chi connectivity index (χ0) is 21.3. The molecule has 0 N–H and O–H groups in total. The number of piperazine rings is 1. The lowest BCUT2D eigenvalue weighted by Crippen LogP contribution is -2.46. The van der Waals surface area contributed by atoms with Gasteiger partial charge in [-0.3, -0.25) is 4.79 Å². The number of carbonyl (C=O) groups excluding carboxylic acids is 1. The van der Waals surface area contributed by atoms with Gasteiger partial charge in [0.1, 0.15) is 11.3 Å². The summed E-state index contributed by atoms with van der Waals surface area (Å²) in [5, 5.41) is 0.211. The first-order valence-corrected chi connectivity index (χ1v) is 9.92. The number of rotatable bonds is 4. The number of benzene rings is 2. The predicted molar refractivity (Wildman–Crippen MR) is 113 cm³/mol. The molecule has 156 valence electrons. The molecule has 0 unspecified atom stereocenters. The molecule has 2 heterocycles. The quantitative estimate of drug-likeness (QED) is 0.616. The van der Waals surface area contributed by atoms with E-state index in [0.29, 0.717) is 30.3 Å². The van der Waals surface area contributed by atoms with Gasteiger partial charge in [-0.05, 0) is 50.4 Å². The summed E-state index contributed by atoms with van der Waals surface area (Å²) < 4.78 is 20.9. The molecule has 7 nitrogen and oxygen atoms in total. The highest BCUT2D eigenvalue weighted by Crippen LogP contribution is 2.22. The summed E-state index contributed by atoms with van der Waals surface area (Å²) in [6.45, 7) is 5.00. The van der Waals surface area contributed by atoms with Crippen LogP contribution in [0.4, 0.5) is 10.3 Å². The fourth-order valence-electron chi connectivity index (χ4n) is 3.58. The second-order valence-electron chi connectivity index (χ2n) is 7.25. The van der Waals surface area contributed by atoms with Gasteiger partial charge in [-0.25, -0.2) is 18.7 Å². The first kappa shape index (κ1) is 20.0. The topological polar surface area (TPSA) is 67.7 Å². The Hall–Kier alpha value is -3.26. The molecule has 1 aromatic heterocycles. The van der Waals surface area contributed by atoms with Crippen molar-refractivity contribution >= 4 is 22.8 Å². The third-order valence-electron chi connectivity index (χ3n) is 5.25. The number of nitrogens with zero attached hydrogens (tertiary/aromatic N) is 4. The number of anilines is 1. The number of aromatic nitrogens is 2. The van der Waals surface area contributed by atoms with Gasteiger partial charge < -0.3 is 14.5 Å². The van der Waals surface area contributed by atoms with Crippen molar-refractivity contribution in [2.24, 2.45) is 0 Å². The minimum absolute atomic E-state index is 0.0656. The van der Waals surface area contributed by atoms with Crippen LogP contribution in [0.5, 0.6) is 0 Å². The molecule has 3 aromatic rings. The Bertz CT molecular complexity index is 1140. The summed E-state index contributed by atoms with van der Waals surface area (Å²) in [4.78, 5) is 34.1. The lowest BCUT2D eigenvalue weighted by molar-refractivity contribution is 0.0526. The van der Waals surface area contributed by atoms with Gasteiger partial charge in [0.05, 0.1) is 23.2 Å². The molecule has 0 radical (unpaired) electrons. The summed E-state index contributed by atoms with van der Waals surface area (Å²) >= 11 is 0. The maximum Gasteiger partial charge on any atom is 0.338 e. The number of para-hydroxylation sites is 1. The van der Waals surface area contributed by atoms with E-state index in [1.54, 1.807) is 37.3 Å². The number of carbonyl (C=O) groups is 1. The number of ether oxygens (including phenoxy) is 1. The smallest absolute Gasteiger partial charge is 0.338 e. The molecular weight excluding hydrogens is 387 g/mol. The van der Waals surface area contributed by atoms with Crippen molar-refractivity contribution < 1.29 is 13.9 Å². The molecule has 0 atom stereocenters. The molecule has 0 aliphatic carbocycles. The molecular formula is C22H23FN4O3. The van der Waals surface area contributed by atoms with Crippen molar-refractivity contribution in [3.8, 4) is 5.69 Å². The average Bonchev–Trinajstić information content (AvgIpc) is 2.75. The molecule has 1 aliphatic rings. The van der Waals surface area contributed by atoms with Crippen molar-refractivity contribution in [2.75, 3.05) is 44.7 Å². The van der Waals surface area contributed by atoms with E-state index < -0.39 is 11.8 Å². The molecule has 1 aliphatic heterocycles. The minimum Gasteiger partial charge on any atom is -0.462 e. The van der Waals surface area contributed by atoms with Crippen LogP contribution in [0.3, 0.4) is 0 Å². The van der Waals surface area contributed by atoms with Crippen molar-refractivity contribution in [3.63, 3.8) is 0 Å². The molecule has 0 spiro atoms. The fourth-order valence-corrected chi connectivity index (χ4v) is 3.58. The second-order valence-corrected chi connectivity index (χ2v) is 7.25. The van der Waals surface area contributed by atoms with Crippen molar-refractivity contribution in [1.82, 2.24) is 14.5 Å². The number of esters is 1. The van der Waals surface area contributed by atoms with Gasteiger partial charge in [0, 0.05) is 26.2 Å². The third-order valence-corrected chi connectivity index (χ3v) is 5.25. The zero-order valence-corrected chi connectivity index (χ0v) is 17.0. The van der Waals surface area contributed by atoms with Gasteiger partial charge in [0.25, 0.3) is 5.56 Å². The van der Waals surface area contributed by atoms with Crippen molar-refractivity contribution in [1.29, 1.82) is 0 Å². The Labute approximate surface area is 173 Å². The minimum atomic E-state index is -0.523. The van der Waals surface area contributed by atoms with Crippen LogP contribution in [0, 0.1) is 5.82 Å². The molecule has 1 fully saturated rings. The SMILES string of the molecule is CCOC(=O)c1ccc(-n2c(N3CCN(C)CC3)nc3c(F)cccc3c2=O)cc1. The molecule has 8 heteroatoms. The molecule has 30 heavy (non-hydrogen) atoms. The highest BCUT2D eigenvalue weighted by atomic mass is 19.1. The maximum atomic E-state index is 14.4. The fraction of sp³-hybridized carbons (Fsp3) is 0.318. The van der Waals surface area contributed by atoms with E-state index in [0.717, 1.165) is 13.1 Å². The summed E-state index contributed by atoms with van der Waals surface area (Å²) in [5.41, 5.74) is 0.670. The largest absolute Gasteiger partial charge is 0.462 e. The zero-order valence-electron chi connectivity index (χ0n) is 17.0. The van der Waals surface area contributed by atoms with E-state index in [2.05, 4.69) is 9.88 Å². The van der Waals surface area contributed by atoms with Gasteiger partial charge in [-0.15, -0.1) is 0 Å². The van der Waals surface area contributed by atoms with Crippen LogP contribution in [-0.4, -0.2) is 60.3 Å². The average molecular weight is 410 g/mol. The van der Waals surface area contributed by atoms with Crippen LogP contribution < -0.4 is 10.5 Å². The molecule has 4 rings (SSSR count). The van der Waals surface area contributed by atoms with E-state index in [-0.39, 0.29) is 23.1 Å². The van der Waals surface area contributed by atoms with Gasteiger partial charge in [0.2, 0.25) is 5.95 Å². The van der Waals surface area contributed by atoms with E-state index in [1.165, 1.54) is 16.7 Å². The highest BCUT2D eigenvalue weighted by Gasteiger charge is 2.23. The Morgan fingerprint density at radius 3 is 2.47 bits per heavy atom. The first-order valence-electron chi connectivity index (χ1n) is 9.92. The lowest BCUT2D eigenvalue weighted by Gasteiger charge is -2.34. The van der Waals surface area contributed by atoms with Crippen LogP contribution in [0.2, 0.25) is 0 Å². The first-order chi connectivity index (χ1) is 14.5. The van der Waals surface area contributed by atoms with Crippen LogP contribution in [0.15, 0.2) is 47.3 Å². The normalized spacial score (nSPS) is 14.8. The maximum absolute atomic E-state index is 14.4. The number of likely N-dealkylation sites (N-methyl/N-ethyl adjacent to an activating group) is 1. The van der Waals surface area contributed by atoms with Gasteiger partial charge in [0.15, 0.2) is 0 Å². The Kier molecular flexibility index (Phi) is 5.50. The highest BCUT2D eigenvalue weighted by molar-refractivity contribution is 5.89. The van der Waals surface area contributed by atoms with E-state index in [1.807, 2.05) is 11.9 Å². The summed E-state index contributed by atoms with van der Waals surface area (Å²) in [6.07, 6.45) is 0. The van der Waals surface area contributed by atoms with Gasteiger partial charge in [-0.2, -0.15) is 0 Å². The Morgan fingerprint density at radius 1 is 1.10 bits per heavy atom. The Morgan fingerprint density at radius 2 is 1.80 bits per heavy atom. The van der Waals surface area contributed by atoms with E-state index in [4.69, 9.17) is 4.74 Å². The number of hydrogen-bond acceptors (Lipinski definition) is 6. The molecule has 0 saturated carbocycles. The van der Waals surface area contributed by atoms with Crippen LogP contribution >= 0.6 is 0 Å².